The third-order valence-corrected chi connectivity index (χ3v) is 4.81. The Bertz CT molecular complexity index is 855. The van der Waals surface area contributed by atoms with E-state index in [0.29, 0.717) is 12.3 Å². The highest BCUT2D eigenvalue weighted by Gasteiger charge is 2.27. The quantitative estimate of drug-likeness (QED) is 0.796. The standard InChI is InChI=1S/C17H18N6.H2/c18-7-5-15(12-3-1-2-4-12)23-10-13(9-22-23)16-14-6-8-19-17(14)21-11-20-16;/h6,8-12,15H,1-5H2,(H,19,20,21);1H/t15-;/m1./s1. The largest absolute Gasteiger partial charge is 0.346 e. The van der Waals surface area contributed by atoms with Crippen molar-refractivity contribution in [2.24, 2.45) is 5.92 Å². The molecule has 0 aromatic carbocycles. The van der Waals surface area contributed by atoms with Crippen LogP contribution in [-0.4, -0.2) is 24.7 Å². The highest BCUT2D eigenvalue weighted by Crippen LogP contribution is 2.36. The van der Waals surface area contributed by atoms with E-state index in [4.69, 9.17) is 0 Å². The number of hydrogen-bond acceptors (Lipinski definition) is 4. The summed E-state index contributed by atoms with van der Waals surface area (Å²) < 4.78 is 1.97. The van der Waals surface area contributed by atoms with E-state index in [1.807, 2.05) is 29.3 Å². The van der Waals surface area contributed by atoms with Crippen LogP contribution in [-0.2, 0) is 0 Å². The van der Waals surface area contributed by atoms with Crippen molar-refractivity contribution in [3.8, 4) is 17.3 Å². The summed E-state index contributed by atoms with van der Waals surface area (Å²) in [6.07, 6.45) is 12.7. The first-order chi connectivity index (χ1) is 11.4. The van der Waals surface area contributed by atoms with Gasteiger partial charge in [-0.15, -0.1) is 0 Å². The number of aromatic amines is 1. The van der Waals surface area contributed by atoms with E-state index in [-0.39, 0.29) is 7.47 Å². The normalized spacial score (nSPS) is 16.7. The van der Waals surface area contributed by atoms with Gasteiger partial charge in [0.1, 0.15) is 12.0 Å². The summed E-state index contributed by atoms with van der Waals surface area (Å²) in [7, 11) is 0. The van der Waals surface area contributed by atoms with E-state index >= 15 is 0 Å². The molecule has 0 radical (unpaired) electrons. The molecule has 3 aromatic rings. The molecule has 1 N–H and O–H groups in total. The van der Waals surface area contributed by atoms with Gasteiger partial charge >= 0.3 is 0 Å². The summed E-state index contributed by atoms with van der Waals surface area (Å²) in [6.45, 7) is 0. The highest BCUT2D eigenvalue weighted by atomic mass is 15.3. The maximum Gasteiger partial charge on any atom is 0.141 e. The molecule has 1 saturated carbocycles. The molecule has 1 atom stereocenters. The Hall–Kier alpha value is -2.68. The van der Waals surface area contributed by atoms with Crippen molar-refractivity contribution in [1.82, 2.24) is 24.7 Å². The van der Waals surface area contributed by atoms with E-state index in [2.05, 4.69) is 26.1 Å². The minimum Gasteiger partial charge on any atom is -0.346 e. The molecule has 0 amide bonds. The van der Waals surface area contributed by atoms with Gasteiger partial charge in [0, 0.05) is 24.8 Å². The van der Waals surface area contributed by atoms with Crippen molar-refractivity contribution in [3.63, 3.8) is 0 Å². The van der Waals surface area contributed by atoms with Gasteiger partial charge in [0.05, 0.1) is 30.4 Å². The average Bonchev–Trinajstić information content (AvgIpc) is 3.32. The van der Waals surface area contributed by atoms with E-state index in [0.717, 1.165) is 22.3 Å². The number of H-pyrrole nitrogens is 1. The van der Waals surface area contributed by atoms with Crippen molar-refractivity contribution in [3.05, 3.63) is 31.0 Å². The van der Waals surface area contributed by atoms with Crippen LogP contribution in [0.25, 0.3) is 22.3 Å². The van der Waals surface area contributed by atoms with Crippen LogP contribution in [0.4, 0.5) is 0 Å². The summed E-state index contributed by atoms with van der Waals surface area (Å²) in [5.41, 5.74) is 2.68. The lowest BCUT2D eigenvalue weighted by molar-refractivity contribution is 0.315. The Morgan fingerprint density at radius 3 is 3.09 bits per heavy atom. The molecule has 118 valence electrons. The Morgan fingerprint density at radius 2 is 2.26 bits per heavy atom. The SMILES string of the molecule is N#CC[C@H](C1CCCC1)n1cc(-c2ncnc3[nH]ccc23)cn1.[HH]. The Morgan fingerprint density at radius 1 is 1.39 bits per heavy atom. The fraction of sp³-hybridized carbons (Fsp3) is 0.412. The molecule has 0 spiro atoms. The molecule has 0 bridgehead atoms. The first kappa shape index (κ1) is 13.9. The summed E-state index contributed by atoms with van der Waals surface area (Å²) in [4.78, 5) is 11.7. The average molecular weight is 308 g/mol. The first-order valence-corrected chi connectivity index (χ1v) is 8.06. The van der Waals surface area contributed by atoms with Crippen molar-refractivity contribution in [2.75, 3.05) is 0 Å². The molecule has 0 aliphatic heterocycles. The third-order valence-electron chi connectivity index (χ3n) is 4.81. The van der Waals surface area contributed by atoms with Gasteiger partial charge in [-0.1, -0.05) is 12.8 Å². The van der Waals surface area contributed by atoms with Gasteiger partial charge in [-0.2, -0.15) is 10.4 Å². The second kappa shape index (κ2) is 5.84. The van der Waals surface area contributed by atoms with E-state index in [1.165, 1.54) is 25.7 Å². The predicted octanol–water partition coefficient (Wildman–Crippen LogP) is 3.71. The number of nitrogens with zero attached hydrogens (tertiary/aromatic N) is 5. The summed E-state index contributed by atoms with van der Waals surface area (Å²) >= 11 is 0. The third kappa shape index (κ3) is 2.48. The maximum absolute atomic E-state index is 9.18. The summed E-state index contributed by atoms with van der Waals surface area (Å²) in [6, 6.07) is 4.47. The van der Waals surface area contributed by atoms with Crippen molar-refractivity contribution >= 4 is 11.0 Å². The molecule has 0 saturated heterocycles. The van der Waals surface area contributed by atoms with E-state index in [1.54, 1.807) is 6.33 Å². The lowest BCUT2D eigenvalue weighted by atomic mass is 9.96. The Kier molecular flexibility index (Phi) is 3.54. The van der Waals surface area contributed by atoms with Crippen LogP contribution in [0.15, 0.2) is 31.0 Å². The topological polar surface area (TPSA) is 83.2 Å². The van der Waals surface area contributed by atoms with Gasteiger partial charge in [0.25, 0.3) is 0 Å². The van der Waals surface area contributed by atoms with Gasteiger partial charge in [-0.05, 0) is 24.8 Å². The van der Waals surface area contributed by atoms with E-state index in [9.17, 15) is 5.26 Å². The molecule has 1 aliphatic carbocycles. The fourth-order valence-electron chi connectivity index (χ4n) is 3.66. The van der Waals surface area contributed by atoms with Gasteiger partial charge < -0.3 is 4.98 Å². The summed E-state index contributed by atoms with van der Waals surface area (Å²) in [5.74, 6) is 0.556. The second-order valence-electron chi connectivity index (χ2n) is 6.15. The number of fused-ring (bicyclic) bond motifs is 1. The molecule has 6 heteroatoms. The number of aromatic nitrogens is 5. The zero-order chi connectivity index (χ0) is 15.6. The number of nitrogens with one attached hydrogen (secondary N) is 1. The van der Waals surface area contributed by atoms with Crippen molar-refractivity contribution < 1.29 is 1.43 Å². The lowest BCUT2D eigenvalue weighted by Crippen LogP contribution is -2.17. The second-order valence-corrected chi connectivity index (χ2v) is 6.15. The monoisotopic (exact) mass is 308 g/mol. The zero-order valence-corrected chi connectivity index (χ0v) is 12.8. The van der Waals surface area contributed by atoms with Gasteiger partial charge in [0.2, 0.25) is 0 Å². The minimum atomic E-state index is 0. The number of hydrogen-bond donors (Lipinski definition) is 1. The minimum absolute atomic E-state index is 0. The Balaban J connectivity index is 0.00000169. The van der Waals surface area contributed by atoms with Crippen LogP contribution >= 0.6 is 0 Å². The number of nitriles is 1. The molecular weight excluding hydrogens is 288 g/mol. The molecule has 6 nitrogen and oxygen atoms in total. The first-order valence-electron chi connectivity index (χ1n) is 8.06. The highest BCUT2D eigenvalue weighted by molar-refractivity contribution is 5.89. The fourth-order valence-corrected chi connectivity index (χ4v) is 3.66. The Labute approximate surface area is 135 Å². The van der Waals surface area contributed by atoms with Gasteiger partial charge in [-0.25, -0.2) is 9.97 Å². The molecule has 4 rings (SSSR count). The maximum atomic E-state index is 9.18. The van der Waals surface area contributed by atoms with Crippen LogP contribution < -0.4 is 0 Å². The predicted molar refractivity (Wildman–Crippen MR) is 88.4 cm³/mol. The zero-order valence-electron chi connectivity index (χ0n) is 12.8. The van der Waals surface area contributed by atoms with E-state index < -0.39 is 0 Å². The molecular formula is C17H20N6. The van der Waals surface area contributed by atoms with Crippen LogP contribution in [0.1, 0.15) is 39.6 Å². The molecule has 23 heavy (non-hydrogen) atoms. The van der Waals surface area contributed by atoms with Gasteiger partial charge in [0.15, 0.2) is 0 Å². The lowest BCUT2D eigenvalue weighted by Gasteiger charge is -2.21. The molecule has 0 unspecified atom stereocenters. The molecule has 1 fully saturated rings. The van der Waals surface area contributed by atoms with Crippen LogP contribution in [0.5, 0.6) is 0 Å². The number of rotatable bonds is 4. The molecule has 3 aromatic heterocycles. The van der Waals surface area contributed by atoms with Crippen LogP contribution in [0, 0.1) is 17.2 Å². The van der Waals surface area contributed by atoms with Crippen LogP contribution in [0.2, 0.25) is 0 Å². The molecule has 3 heterocycles. The molecule has 1 aliphatic rings. The van der Waals surface area contributed by atoms with Crippen molar-refractivity contribution in [2.45, 2.75) is 38.1 Å². The smallest absolute Gasteiger partial charge is 0.141 e. The van der Waals surface area contributed by atoms with Crippen molar-refractivity contribution in [1.29, 1.82) is 5.26 Å². The van der Waals surface area contributed by atoms with Crippen LogP contribution in [0.3, 0.4) is 0 Å². The van der Waals surface area contributed by atoms with Gasteiger partial charge in [-0.3, -0.25) is 4.68 Å². The summed E-state index contributed by atoms with van der Waals surface area (Å²) in [5, 5.41) is 14.7.